The van der Waals surface area contributed by atoms with Crippen LogP contribution in [0.5, 0.6) is 11.5 Å². The van der Waals surface area contributed by atoms with Crippen LogP contribution in [0.1, 0.15) is 12.5 Å². The highest BCUT2D eigenvalue weighted by molar-refractivity contribution is 5.81. The van der Waals surface area contributed by atoms with Crippen LogP contribution < -0.4 is 14.9 Å². The van der Waals surface area contributed by atoms with E-state index >= 15 is 0 Å². The average molecular weight is 315 g/mol. The standard InChI is InChI=1S/C16H17N3O4/c1-3-23-15-9-4-12(10-16(15)22-2)11-17-18-13-5-7-14(8-6-13)19(20)21/h4-11,18H,3H2,1-2H3/b17-11-. The molecule has 0 unspecified atom stereocenters. The number of nitrogens with one attached hydrogen (secondary N) is 1. The molecule has 0 radical (unpaired) electrons. The zero-order chi connectivity index (χ0) is 16.7. The van der Waals surface area contributed by atoms with E-state index in [1.54, 1.807) is 25.5 Å². The topological polar surface area (TPSA) is 86.0 Å². The number of nitro groups is 1. The van der Waals surface area contributed by atoms with Crippen molar-refractivity contribution in [3.05, 3.63) is 58.1 Å². The van der Waals surface area contributed by atoms with Gasteiger partial charge in [-0.1, -0.05) is 0 Å². The predicted octanol–water partition coefficient (Wildman–Crippen LogP) is 3.45. The summed E-state index contributed by atoms with van der Waals surface area (Å²) >= 11 is 0. The molecular formula is C16H17N3O4. The number of nitro benzene ring substituents is 1. The molecule has 0 atom stereocenters. The Morgan fingerprint density at radius 2 is 1.96 bits per heavy atom. The molecule has 0 fully saturated rings. The highest BCUT2D eigenvalue weighted by Gasteiger charge is 2.04. The summed E-state index contributed by atoms with van der Waals surface area (Å²) in [7, 11) is 1.58. The van der Waals surface area contributed by atoms with Crippen LogP contribution in [0.15, 0.2) is 47.6 Å². The lowest BCUT2D eigenvalue weighted by atomic mass is 10.2. The van der Waals surface area contributed by atoms with Crippen LogP contribution >= 0.6 is 0 Å². The number of benzene rings is 2. The van der Waals surface area contributed by atoms with Gasteiger partial charge in [-0.25, -0.2) is 0 Å². The quantitative estimate of drug-likeness (QED) is 0.480. The Hall–Kier alpha value is -3.09. The van der Waals surface area contributed by atoms with Gasteiger partial charge in [0.05, 0.1) is 30.5 Å². The van der Waals surface area contributed by atoms with Gasteiger partial charge in [0.25, 0.3) is 5.69 Å². The zero-order valence-electron chi connectivity index (χ0n) is 12.9. The fourth-order valence-electron chi connectivity index (χ4n) is 1.88. The summed E-state index contributed by atoms with van der Waals surface area (Å²) in [6.45, 7) is 2.47. The molecular weight excluding hydrogens is 298 g/mol. The third kappa shape index (κ3) is 4.44. The molecule has 2 aromatic carbocycles. The van der Waals surface area contributed by atoms with Gasteiger partial charge in [-0.3, -0.25) is 15.5 Å². The van der Waals surface area contributed by atoms with Gasteiger partial charge in [0.1, 0.15) is 0 Å². The smallest absolute Gasteiger partial charge is 0.269 e. The Kier molecular flexibility index (Phi) is 5.51. The summed E-state index contributed by atoms with van der Waals surface area (Å²) in [5, 5.41) is 14.7. The number of ether oxygens (including phenoxy) is 2. The van der Waals surface area contributed by atoms with E-state index < -0.39 is 4.92 Å². The molecule has 0 bridgehead atoms. The number of hydrogen-bond donors (Lipinski definition) is 1. The lowest BCUT2D eigenvalue weighted by Gasteiger charge is -2.09. The first-order valence-electron chi connectivity index (χ1n) is 6.98. The second-order valence-corrected chi connectivity index (χ2v) is 4.52. The van der Waals surface area contributed by atoms with Crippen molar-refractivity contribution in [1.29, 1.82) is 0 Å². The van der Waals surface area contributed by atoms with Crippen LogP contribution in [-0.2, 0) is 0 Å². The van der Waals surface area contributed by atoms with Gasteiger partial charge in [0, 0.05) is 12.1 Å². The average Bonchev–Trinajstić information content (AvgIpc) is 2.56. The lowest BCUT2D eigenvalue weighted by Crippen LogP contribution is -1.97. The first kappa shape index (κ1) is 16.3. The van der Waals surface area contributed by atoms with Gasteiger partial charge in [-0.2, -0.15) is 5.10 Å². The molecule has 2 aromatic rings. The Labute approximate surface area is 133 Å². The maximum absolute atomic E-state index is 10.6. The number of nitrogens with zero attached hydrogens (tertiary/aromatic N) is 2. The molecule has 0 spiro atoms. The summed E-state index contributed by atoms with van der Waals surface area (Å²) in [5.74, 6) is 1.31. The second-order valence-electron chi connectivity index (χ2n) is 4.52. The van der Waals surface area contributed by atoms with E-state index in [-0.39, 0.29) is 5.69 Å². The number of hydrazone groups is 1. The minimum atomic E-state index is -0.445. The summed E-state index contributed by atoms with van der Waals surface area (Å²) in [5.41, 5.74) is 4.34. The van der Waals surface area contributed by atoms with E-state index in [0.717, 1.165) is 5.56 Å². The van der Waals surface area contributed by atoms with Crippen molar-refractivity contribution in [3.63, 3.8) is 0 Å². The van der Waals surface area contributed by atoms with Crippen molar-refractivity contribution in [3.8, 4) is 11.5 Å². The zero-order valence-corrected chi connectivity index (χ0v) is 12.9. The third-order valence-corrected chi connectivity index (χ3v) is 2.97. The molecule has 2 rings (SSSR count). The molecule has 0 heterocycles. The summed E-state index contributed by atoms with van der Waals surface area (Å²) in [6.07, 6.45) is 1.62. The molecule has 7 nitrogen and oxygen atoms in total. The van der Waals surface area contributed by atoms with Gasteiger partial charge >= 0.3 is 0 Å². The van der Waals surface area contributed by atoms with Crippen molar-refractivity contribution in [2.45, 2.75) is 6.92 Å². The Morgan fingerprint density at radius 1 is 1.22 bits per heavy atom. The molecule has 0 aliphatic rings. The maximum Gasteiger partial charge on any atom is 0.269 e. The molecule has 0 aliphatic carbocycles. The number of non-ortho nitro benzene ring substituents is 1. The monoisotopic (exact) mass is 315 g/mol. The highest BCUT2D eigenvalue weighted by atomic mass is 16.6. The third-order valence-electron chi connectivity index (χ3n) is 2.97. The number of hydrogen-bond acceptors (Lipinski definition) is 6. The van der Waals surface area contributed by atoms with Crippen LogP contribution in [-0.4, -0.2) is 24.9 Å². The van der Waals surface area contributed by atoms with Gasteiger partial charge < -0.3 is 9.47 Å². The summed E-state index contributed by atoms with van der Waals surface area (Å²) < 4.78 is 10.7. The second kappa shape index (κ2) is 7.79. The highest BCUT2D eigenvalue weighted by Crippen LogP contribution is 2.27. The summed E-state index contributed by atoms with van der Waals surface area (Å²) in [4.78, 5) is 10.1. The SMILES string of the molecule is CCOc1ccc(/C=N\Nc2ccc([N+](=O)[O-])cc2)cc1OC. The van der Waals surface area contributed by atoms with Crippen molar-refractivity contribution in [2.75, 3.05) is 19.1 Å². The van der Waals surface area contributed by atoms with Gasteiger partial charge in [0.2, 0.25) is 0 Å². The normalized spacial score (nSPS) is 10.5. The van der Waals surface area contributed by atoms with E-state index in [0.29, 0.717) is 23.8 Å². The van der Waals surface area contributed by atoms with E-state index in [9.17, 15) is 10.1 Å². The maximum atomic E-state index is 10.6. The molecule has 0 saturated carbocycles. The van der Waals surface area contributed by atoms with Crippen LogP contribution in [0.25, 0.3) is 0 Å². The lowest BCUT2D eigenvalue weighted by molar-refractivity contribution is -0.384. The van der Waals surface area contributed by atoms with Gasteiger partial charge in [-0.05, 0) is 42.8 Å². The van der Waals surface area contributed by atoms with E-state index in [1.807, 2.05) is 25.1 Å². The fraction of sp³-hybridized carbons (Fsp3) is 0.188. The molecule has 0 saturated heterocycles. The van der Waals surface area contributed by atoms with Gasteiger partial charge in [0.15, 0.2) is 11.5 Å². The fourth-order valence-corrected chi connectivity index (χ4v) is 1.88. The minimum absolute atomic E-state index is 0.0378. The van der Waals surface area contributed by atoms with E-state index in [4.69, 9.17) is 9.47 Å². The first-order valence-corrected chi connectivity index (χ1v) is 6.98. The largest absolute Gasteiger partial charge is 0.493 e. The van der Waals surface area contributed by atoms with Crippen LogP contribution in [0.3, 0.4) is 0 Å². The van der Waals surface area contributed by atoms with E-state index in [1.165, 1.54) is 12.1 Å². The van der Waals surface area contributed by atoms with Crippen LogP contribution in [0, 0.1) is 10.1 Å². The van der Waals surface area contributed by atoms with Crippen molar-refractivity contribution in [2.24, 2.45) is 5.10 Å². The number of methoxy groups -OCH3 is 1. The molecule has 1 N–H and O–H groups in total. The van der Waals surface area contributed by atoms with Crippen LogP contribution in [0.2, 0.25) is 0 Å². The van der Waals surface area contributed by atoms with E-state index in [2.05, 4.69) is 10.5 Å². The van der Waals surface area contributed by atoms with Crippen molar-refractivity contribution >= 4 is 17.6 Å². The Bertz CT molecular complexity index is 699. The Balaban J connectivity index is 2.03. The molecule has 23 heavy (non-hydrogen) atoms. The molecule has 0 aromatic heterocycles. The molecule has 7 heteroatoms. The number of anilines is 1. The van der Waals surface area contributed by atoms with Crippen molar-refractivity contribution < 1.29 is 14.4 Å². The predicted molar refractivity (Wildman–Crippen MR) is 88.5 cm³/mol. The first-order chi connectivity index (χ1) is 11.1. The molecule has 0 aliphatic heterocycles. The molecule has 120 valence electrons. The number of rotatable bonds is 7. The molecule has 0 amide bonds. The minimum Gasteiger partial charge on any atom is -0.493 e. The summed E-state index contributed by atoms with van der Waals surface area (Å²) in [6, 6.07) is 11.5. The van der Waals surface area contributed by atoms with Crippen LogP contribution in [0.4, 0.5) is 11.4 Å². The van der Waals surface area contributed by atoms with Crippen molar-refractivity contribution in [1.82, 2.24) is 0 Å². The van der Waals surface area contributed by atoms with Gasteiger partial charge in [-0.15, -0.1) is 0 Å². The Morgan fingerprint density at radius 3 is 2.57 bits per heavy atom.